The van der Waals surface area contributed by atoms with Gasteiger partial charge in [-0.3, -0.25) is 0 Å². The van der Waals surface area contributed by atoms with Crippen LogP contribution in [0.5, 0.6) is 0 Å². The van der Waals surface area contributed by atoms with Gasteiger partial charge in [-0.1, -0.05) is 33.8 Å². The van der Waals surface area contributed by atoms with Crippen LogP contribution in [-0.2, 0) is 5.41 Å². The number of thioether (sulfide) groups is 1. The average Bonchev–Trinajstić information content (AvgIpc) is 2.25. The van der Waals surface area contributed by atoms with Crippen molar-refractivity contribution in [1.29, 1.82) is 0 Å². The van der Waals surface area contributed by atoms with E-state index in [2.05, 4.69) is 37.9 Å². The van der Waals surface area contributed by atoms with Gasteiger partial charge in [0.15, 0.2) is 0 Å². The Morgan fingerprint density at radius 3 is 2.50 bits per heavy atom. The predicted octanol–water partition coefficient (Wildman–Crippen LogP) is 3.10. The number of aliphatic hydroxyl groups excluding tert-OH is 1. The zero-order chi connectivity index (χ0) is 12.2. The van der Waals surface area contributed by atoms with Crippen molar-refractivity contribution in [2.24, 2.45) is 5.92 Å². The Morgan fingerprint density at radius 1 is 1.38 bits per heavy atom. The number of nitrogens with zero attached hydrogens (tertiary/aromatic N) is 1. The number of hydrogen-bond acceptors (Lipinski definition) is 3. The normalized spacial score (nSPS) is 13.8. The largest absolute Gasteiger partial charge is 0.396 e. The van der Waals surface area contributed by atoms with Gasteiger partial charge in [0.25, 0.3) is 0 Å². The van der Waals surface area contributed by atoms with Crippen LogP contribution in [0.4, 0.5) is 0 Å². The van der Waals surface area contributed by atoms with Crippen LogP contribution in [-0.4, -0.2) is 22.5 Å². The molecule has 0 aromatic carbocycles. The van der Waals surface area contributed by atoms with Crippen LogP contribution < -0.4 is 0 Å². The third-order valence-electron chi connectivity index (χ3n) is 2.43. The molecule has 1 atom stereocenters. The number of hydrogen-bond donors (Lipinski definition) is 1. The van der Waals surface area contributed by atoms with E-state index in [0.717, 1.165) is 10.8 Å². The fourth-order valence-corrected chi connectivity index (χ4v) is 2.04. The number of aromatic nitrogens is 1. The smallest absolute Gasteiger partial charge is 0.0960 e. The van der Waals surface area contributed by atoms with Crippen LogP contribution >= 0.6 is 11.8 Å². The number of aliphatic hydroxyl groups is 1. The Hall–Kier alpha value is -0.540. The molecular weight excluding hydrogens is 218 g/mol. The molecule has 0 bridgehead atoms. The summed E-state index contributed by atoms with van der Waals surface area (Å²) in [6.07, 6.45) is 1.95. The summed E-state index contributed by atoms with van der Waals surface area (Å²) in [5, 5.41) is 9.97. The van der Waals surface area contributed by atoms with Crippen LogP contribution in [0.1, 0.15) is 33.3 Å². The summed E-state index contributed by atoms with van der Waals surface area (Å²) in [6, 6.07) is 4.20. The van der Waals surface area contributed by atoms with Gasteiger partial charge >= 0.3 is 0 Å². The van der Waals surface area contributed by atoms with Gasteiger partial charge in [0.1, 0.15) is 0 Å². The molecule has 0 fully saturated rings. The number of rotatable bonds is 4. The standard InChI is InChI=1S/C13H21NOS/c1-10(8-15)9-16-12-6-5-11(7-14-12)13(2,3)4/h5-7,10,15H,8-9H2,1-4H3. The summed E-state index contributed by atoms with van der Waals surface area (Å²) in [7, 11) is 0. The molecule has 0 radical (unpaired) electrons. The van der Waals surface area contributed by atoms with Crippen molar-refractivity contribution in [2.75, 3.05) is 12.4 Å². The van der Waals surface area contributed by atoms with Gasteiger partial charge < -0.3 is 5.11 Å². The van der Waals surface area contributed by atoms with Crippen LogP contribution in [0.25, 0.3) is 0 Å². The summed E-state index contributed by atoms with van der Waals surface area (Å²) in [6.45, 7) is 8.84. The highest BCUT2D eigenvalue weighted by Crippen LogP contribution is 2.24. The molecule has 0 saturated heterocycles. The minimum absolute atomic E-state index is 0.161. The van der Waals surface area contributed by atoms with Gasteiger partial charge in [-0.05, 0) is 23.0 Å². The maximum atomic E-state index is 8.93. The van der Waals surface area contributed by atoms with Gasteiger partial charge in [-0.2, -0.15) is 0 Å². The van der Waals surface area contributed by atoms with Gasteiger partial charge in [0.05, 0.1) is 5.03 Å². The van der Waals surface area contributed by atoms with E-state index in [1.807, 2.05) is 13.1 Å². The van der Waals surface area contributed by atoms with Gasteiger partial charge in [0, 0.05) is 18.6 Å². The Morgan fingerprint density at radius 2 is 2.06 bits per heavy atom. The fourth-order valence-electron chi connectivity index (χ4n) is 1.19. The quantitative estimate of drug-likeness (QED) is 0.820. The van der Waals surface area contributed by atoms with E-state index in [9.17, 15) is 0 Å². The van der Waals surface area contributed by atoms with Crippen molar-refractivity contribution in [2.45, 2.75) is 38.1 Å². The number of pyridine rings is 1. The van der Waals surface area contributed by atoms with Crippen molar-refractivity contribution in [3.05, 3.63) is 23.9 Å². The highest BCUT2D eigenvalue weighted by Gasteiger charge is 2.13. The molecule has 3 heteroatoms. The molecule has 0 aliphatic carbocycles. The molecule has 0 aliphatic heterocycles. The first-order valence-corrected chi connectivity index (χ1v) is 6.62. The molecule has 1 heterocycles. The molecule has 2 nitrogen and oxygen atoms in total. The second-order valence-electron chi connectivity index (χ2n) is 5.23. The SMILES string of the molecule is CC(CO)CSc1ccc(C(C)(C)C)cn1. The van der Waals surface area contributed by atoms with Crippen molar-refractivity contribution >= 4 is 11.8 Å². The maximum absolute atomic E-state index is 8.93. The Labute approximate surface area is 102 Å². The highest BCUT2D eigenvalue weighted by atomic mass is 32.2. The third kappa shape index (κ3) is 4.14. The fraction of sp³-hybridized carbons (Fsp3) is 0.615. The molecule has 1 unspecified atom stereocenters. The van der Waals surface area contributed by atoms with Crippen LogP contribution in [0, 0.1) is 5.92 Å². The highest BCUT2D eigenvalue weighted by molar-refractivity contribution is 7.99. The molecule has 90 valence electrons. The van der Waals surface area contributed by atoms with Gasteiger partial charge in [0.2, 0.25) is 0 Å². The summed E-state index contributed by atoms with van der Waals surface area (Å²) in [5.74, 6) is 1.24. The van der Waals surface area contributed by atoms with Crippen molar-refractivity contribution in [3.8, 4) is 0 Å². The monoisotopic (exact) mass is 239 g/mol. The Kier molecular flexibility index (Phi) is 4.81. The van der Waals surface area contributed by atoms with Crippen molar-refractivity contribution < 1.29 is 5.11 Å². The van der Waals surface area contributed by atoms with E-state index in [1.165, 1.54) is 5.56 Å². The first-order chi connectivity index (χ1) is 7.43. The van der Waals surface area contributed by atoms with Gasteiger partial charge in [-0.25, -0.2) is 4.98 Å². The summed E-state index contributed by atoms with van der Waals surface area (Å²) in [4.78, 5) is 4.43. The zero-order valence-electron chi connectivity index (χ0n) is 10.5. The molecule has 0 aliphatic rings. The summed E-state index contributed by atoms with van der Waals surface area (Å²) >= 11 is 1.70. The zero-order valence-corrected chi connectivity index (χ0v) is 11.3. The molecule has 0 spiro atoms. The molecule has 1 rings (SSSR count). The van der Waals surface area contributed by atoms with Crippen molar-refractivity contribution in [3.63, 3.8) is 0 Å². The van der Waals surface area contributed by atoms with E-state index in [-0.39, 0.29) is 12.0 Å². The molecule has 1 aromatic rings. The van der Waals surface area contributed by atoms with E-state index in [4.69, 9.17) is 5.11 Å². The van der Waals surface area contributed by atoms with E-state index in [1.54, 1.807) is 11.8 Å². The third-order valence-corrected chi connectivity index (χ3v) is 3.70. The molecule has 16 heavy (non-hydrogen) atoms. The molecule has 0 amide bonds. The van der Waals surface area contributed by atoms with Crippen molar-refractivity contribution in [1.82, 2.24) is 4.98 Å². The molecule has 1 N–H and O–H groups in total. The summed E-state index contributed by atoms with van der Waals surface area (Å²) in [5.41, 5.74) is 1.42. The van der Waals surface area contributed by atoms with Crippen LogP contribution in [0.15, 0.2) is 23.4 Å². The minimum atomic E-state index is 0.161. The second kappa shape index (κ2) is 5.69. The minimum Gasteiger partial charge on any atom is -0.396 e. The average molecular weight is 239 g/mol. The lowest BCUT2D eigenvalue weighted by Crippen LogP contribution is -2.11. The van der Waals surface area contributed by atoms with Crippen LogP contribution in [0.3, 0.4) is 0 Å². The lowest BCUT2D eigenvalue weighted by Gasteiger charge is -2.18. The first-order valence-electron chi connectivity index (χ1n) is 5.63. The second-order valence-corrected chi connectivity index (χ2v) is 6.27. The maximum Gasteiger partial charge on any atom is 0.0960 e. The molecule has 1 aromatic heterocycles. The van der Waals surface area contributed by atoms with E-state index in [0.29, 0.717) is 5.92 Å². The Bertz CT molecular complexity index is 316. The lowest BCUT2D eigenvalue weighted by atomic mass is 9.88. The van der Waals surface area contributed by atoms with E-state index >= 15 is 0 Å². The van der Waals surface area contributed by atoms with E-state index < -0.39 is 0 Å². The predicted molar refractivity (Wildman–Crippen MR) is 69.9 cm³/mol. The van der Waals surface area contributed by atoms with Crippen LogP contribution in [0.2, 0.25) is 0 Å². The molecular formula is C13H21NOS. The lowest BCUT2D eigenvalue weighted by molar-refractivity contribution is 0.250. The van der Waals surface area contributed by atoms with Gasteiger partial charge in [-0.15, -0.1) is 11.8 Å². The molecule has 0 saturated carbocycles. The first kappa shape index (κ1) is 13.5. The Balaban J connectivity index is 2.58. The topological polar surface area (TPSA) is 33.1 Å². The summed E-state index contributed by atoms with van der Waals surface area (Å²) < 4.78 is 0.